The van der Waals surface area contributed by atoms with Crippen LogP contribution >= 0.6 is 15.9 Å². The van der Waals surface area contributed by atoms with Crippen molar-refractivity contribution < 1.29 is 4.39 Å². The van der Waals surface area contributed by atoms with Crippen LogP contribution in [0.25, 0.3) is 0 Å². The molecule has 0 aliphatic heterocycles. The van der Waals surface area contributed by atoms with E-state index in [2.05, 4.69) is 28.2 Å². The topological polar surface area (TPSA) is 12.0 Å². The second kappa shape index (κ2) is 5.96. The van der Waals surface area contributed by atoms with Crippen molar-refractivity contribution >= 4 is 15.9 Å². The maximum absolute atomic E-state index is 13.6. The lowest BCUT2D eigenvalue weighted by Gasteiger charge is -2.25. The summed E-state index contributed by atoms with van der Waals surface area (Å²) in [7, 11) is 0. The van der Waals surface area contributed by atoms with E-state index in [9.17, 15) is 4.39 Å². The average Bonchev–Trinajstić information content (AvgIpc) is 2.83. The van der Waals surface area contributed by atoms with Crippen LogP contribution < -0.4 is 5.32 Å². The lowest BCUT2D eigenvalue weighted by Crippen LogP contribution is -2.27. The molecule has 1 nitrogen and oxygen atoms in total. The van der Waals surface area contributed by atoms with Crippen molar-refractivity contribution in [1.82, 2.24) is 5.32 Å². The fourth-order valence-corrected chi connectivity index (χ4v) is 3.02. The molecule has 0 spiro atoms. The zero-order chi connectivity index (χ0) is 12.3. The molecule has 3 heteroatoms. The molecule has 0 radical (unpaired) electrons. The SMILES string of the molecule is CCNC(c1ccc(Br)c(F)c1)C1CCCC1. The zero-order valence-corrected chi connectivity index (χ0v) is 11.8. The van der Waals surface area contributed by atoms with Crippen molar-refractivity contribution in [1.29, 1.82) is 0 Å². The highest BCUT2D eigenvalue weighted by Gasteiger charge is 2.25. The first-order valence-electron chi connectivity index (χ1n) is 6.40. The van der Waals surface area contributed by atoms with Crippen molar-refractivity contribution in [2.75, 3.05) is 6.54 Å². The molecule has 0 heterocycles. The van der Waals surface area contributed by atoms with Crippen LogP contribution in [-0.4, -0.2) is 6.54 Å². The third kappa shape index (κ3) is 3.08. The third-order valence-electron chi connectivity index (χ3n) is 3.60. The van der Waals surface area contributed by atoms with Gasteiger partial charge in [-0.2, -0.15) is 0 Å². The summed E-state index contributed by atoms with van der Waals surface area (Å²) in [5.41, 5.74) is 1.08. The van der Waals surface area contributed by atoms with E-state index in [1.807, 2.05) is 12.1 Å². The Morgan fingerprint density at radius 1 is 1.41 bits per heavy atom. The van der Waals surface area contributed by atoms with E-state index in [1.165, 1.54) is 25.7 Å². The number of halogens is 2. The summed E-state index contributed by atoms with van der Waals surface area (Å²) in [5, 5.41) is 3.51. The van der Waals surface area contributed by atoms with Gasteiger partial charge in [-0.15, -0.1) is 0 Å². The Kier molecular flexibility index (Phi) is 4.57. The molecule has 1 unspecified atom stereocenters. The quantitative estimate of drug-likeness (QED) is 0.867. The molecule has 0 aromatic heterocycles. The van der Waals surface area contributed by atoms with E-state index in [4.69, 9.17) is 0 Å². The Morgan fingerprint density at radius 2 is 2.12 bits per heavy atom. The number of nitrogens with one attached hydrogen (secondary N) is 1. The van der Waals surface area contributed by atoms with E-state index in [0.29, 0.717) is 16.4 Å². The summed E-state index contributed by atoms with van der Waals surface area (Å²) in [4.78, 5) is 0. The van der Waals surface area contributed by atoms with Crippen LogP contribution in [0, 0.1) is 11.7 Å². The molecule has 1 atom stereocenters. The Balaban J connectivity index is 2.21. The first-order chi connectivity index (χ1) is 8.22. The van der Waals surface area contributed by atoms with Crippen molar-refractivity contribution in [3.8, 4) is 0 Å². The summed E-state index contributed by atoms with van der Waals surface area (Å²) in [6.45, 7) is 3.04. The van der Waals surface area contributed by atoms with E-state index in [1.54, 1.807) is 6.07 Å². The minimum Gasteiger partial charge on any atom is -0.310 e. The van der Waals surface area contributed by atoms with Gasteiger partial charge in [0.15, 0.2) is 0 Å². The Morgan fingerprint density at radius 3 is 2.71 bits per heavy atom. The summed E-state index contributed by atoms with van der Waals surface area (Å²) in [5.74, 6) is 0.499. The minimum absolute atomic E-state index is 0.164. The molecular formula is C14H19BrFN. The lowest BCUT2D eigenvalue weighted by molar-refractivity contribution is 0.373. The molecule has 2 rings (SSSR count). The molecular weight excluding hydrogens is 281 g/mol. The smallest absolute Gasteiger partial charge is 0.137 e. The van der Waals surface area contributed by atoms with Crippen LogP contribution in [0.4, 0.5) is 4.39 Å². The van der Waals surface area contributed by atoms with Gasteiger partial charge in [0, 0.05) is 6.04 Å². The number of hydrogen-bond donors (Lipinski definition) is 1. The van der Waals surface area contributed by atoms with Crippen LogP contribution in [0.15, 0.2) is 22.7 Å². The van der Waals surface area contributed by atoms with Gasteiger partial charge in [-0.3, -0.25) is 0 Å². The Labute approximate surface area is 111 Å². The highest BCUT2D eigenvalue weighted by molar-refractivity contribution is 9.10. The van der Waals surface area contributed by atoms with E-state index in [-0.39, 0.29) is 5.82 Å². The highest BCUT2D eigenvalue weighted by atomic mass is 79.9. The van der Waals surface area contributed by atoms with Crippen LogP contribution in [0.1, 0.15) is 44.2 Å². The van der Waals surface area contributed by atoms with Crippen LogP contribution in [0.3, 0.4) is 0 Å². The molecule has 1 aromatic rings. The zero-order valence-electron chi connectivity index (χ0n) is 10.2. The Bertz CT molecular complexity index is 374. The van der Waals surface area contributed by atoms with E-state index < -0.39 is 0 Å². The van der Waals surface area contributed by atoms with Gasteiger partial charge < -0.3 is 5.32 Å². The lowest BCUT2D eigenvalue weighted by atomic mass is 9.91. The maximum atomic E-state index is 13.6. The van der Waals surface area contributed by atoms with Crippen LogP contribution in [0.5, 0.6) is 0 Å². The van der Waals surface area contributed by atoms with Gasteiger partial charge in [0.1, 0.15) is 5.82 Å². The third-order valence-corrected chi connectivity index (χ3v) is 4.24. The average molecular weight is 300 g/mol. The molecule has 1 aliphatic rings. The molecule has 94 valence electrons. The van der Waals surface area contributed by atoms with Gasteiger partial charge in [-0.05, 0) is 58.9 Å². The molecule has 0 amide bonds. The first kappa shape index (κ1) is 13.0. The fourth-order valence-electron chi connectivity index (χ4n) is 2.77. The molecule has 1 saturated carbocycles. The van der Waals surface area contributed by atoms with Gasteiger partial charge in [0.05, 0.1) is 4.47 Å². The predicted octanol–water partition coefficient (Wildman–Crippen LogP) is 4.43. The molecule has 1 aromatic carbocycles. The van der Waals surface area contributed by atoms with E-state index in [0.717, 1.165) is 12.1 Å². The normalized spacial score (nSPS) is 18.5. The maximum Gasteiger partial charge on any atom is 0.137 e. The minimum atomic E-state index is -0.164. The number of benzene rings is 1. The van der Waals surface area contributed by atoms with Crippen LogP contribution in [-0.2, 0) is 0 Å². The van der Waals surface area contributed by atoms with Crippen molar-refractivity contribution in [3.63, 3.8) is 0 Å². The van der Waals surface area contributed by atoms with Gasteiger partial charge in [0.25, 0.3) is 0 Å². The first-order valence-corrected chi connectivity index (χ1v) is 7.20. The van der Waals surface area contributed by atoms with Crippen molar-refractivity contribution in [2.24, 2.45) is 5.92 Å². The van der Waals surface area contributed by atoms with Crippen molar-refractivity contribution in [3.05, 3.63) is 34.1 Å². The second-order valence-corrected chi connectivity index (χ2v) is 5.61. The molecule has 1 N–H and O–H groups in total. The van der Waals surface area contributed by atoms with Gasteiger partial charge >= 0.3 is 0 Å². The van der Waals surface area contributed by atoms with Gasteiger partial charge in [-0.1, -0.05) is 25.8 Å². The molecule has 1 aliphatic carbocycles. The summed E-state index contributed by atoms with van der Waals surface area (Å²) >= 11 is 3.21. The molecule has 0 saturated heterocycles. The largest absolute Gasteiger partial charge is 0.310 e. The summed E-state index contributed by atoms with van der Waals surface area (Å²) in [6, 6.07) is 5.81. The summed E-state index contributed by atoms with van der Waals surface area (Å²) < 4.78 is 14.1. The fraction of sp³-hybridized carbons (Fsp3) is 0.571. The van der Waals surface area contributed by atoms with Crippen LogP contribution in [0.2, 0.25) is 0 Å². The molecule has 0 bridgehead atoms. The number of rotatable bonds is 4. The van der Waals surface area contributed by atoms with E-state index >= 15 is 0 Å². The highest BCUT2D eigenvalue weighted by Crippen LogP contribution is 2.36. The summed E-state index contributed by atoms with van der Waals surface area (Å²) in [6.07, 6.45) is 5.14. The van der Waals surface area contributed by atoms with Gasteiger partial charge in [0.2, 0.25) is 0 Å². The standard InChI is InChI=1S/C14H19BrFN/c1-2-17-14(10-5-3-4-6-10)11-7-8-12(15)13(16)9-11/h7-10,14,17H,2-6H2,1H3. The monoisotopic (exact) mass is 299 g/mol. The van der Waals surface area contributed by atoms with Gasteiger partial charge in [-0.25, -0.2) is 4.39 Å². The number of hydrogen-bond acceptors (Lipinski definition) is 1. The molecule has 1 fully saturated rings. The van der Waals surface area contributed by atoms with Crippen molar-refractivity contribution in [2.45, 2.75) is 38.6 Å². The second-order valence-electron chi connectivity index (χ2n) is 4.75. The predicted molar refractivity (Wildman–Crippen MR) is 72.5 cm³/mol. The molecule has 17 heavy (non-hydrogen) atoms. The Hall–Kier alpha value is -0.410.